The molecule has 0 saturated carbocycles. The van der Waals surface area contributed by atoms with Crippen LogP contribution in [0.15, 0.2) is 42.5 Å². The Morgan fingerprint density at radius 2 is 1.54 bits per heavy atom. The Morgan fingerprint density at radius 3 is 2.12 bits per heavy atom. The fourth-order valence-electron chi connectivity index (χ4n) is 7.82. The summed E-state index contributed by atoms with van der Waals surface area (Å²) >= 11 is 0. The van der Waals surface area contributed by atoms with Gasteiger partial charge < -0.3 is 44.7 Å². The summed E-state index contributed by atoms with van der Waals surface area (Å²) in [5, 5.41) is 27.3. The third-order valence-corrected chi connectivity index (χ3v) is 11.1. The lowest BCUT2D eigenvalue weighted by atomic mass is 9.70. The van der Waals surface area contributed by atoms with Crippen LogP contribution in [-0.2, 0) is 61.5 Å². The summed E-state index contributed by atoms with van der Waals surface area (Å²) in [7, 11) is 0. The summed E-state index contributed by atoms with van der Waals surface area (Å²) in [5.74, 6) is -6.04. The van der Waals surface area contributed by atoms with E-state index in [4.69, 9.17) is 18.9 Å². The normalized spacial score (nSPS) is 23.2. The van der Waals surface area contributed by atoms with Crippen LogP contribution in [0.3, 0.4) is 0 Å². The Hall–Kier alpha value is -4.37. The molecule has 2 aromatic rings. The van der Waals surface area contributed by atoms with Crippen LogP contribution >= 0.6 is 0 Å². The van der Waals surface area contributed by atoms with Crippen LogP contribution in [0.1, 0.15) is 102 Å². The van der Waals surface area contributed by atoms with Gasteiger partial charge >= 0.3 is 17.9 Å². The predicted molar refractivity (Wildman–Crippen MR) is 211 cm³/mol. The Kier molecular flexibility index (Phi) is 14.7. The lowest BCUT2D eigenvalue weighted by Crippen LogP contribution is -2.70. The van der Waals surface area contributed by atoms with E-state index in [2.05, 4.69) is 29.4 Å². The number of carbonyl (C=O) groups is 5. The van der Waals surface area contributed by atoms with Crippen molar-refractivity contribution in [2.24, 2.45) is 5.92 Å². The van der Waals surface area contributed by atoms with Crippen molar-refractivity contribution in [3.05, 3.63) is 70.3 Å². The van der Waals surface area contributed by atoms with E-state index in [9.17, 15) is 34.2 Å². The zero-order valence-electron chi connectivity index (χ0n) is 34.9. The first-order chi connectivity index (χ1) is 26.7. The lowest BCUT2D eigenvalue weighted by Gasteiger charge is -2.53. The zero-order chi connectivity index (χ0) is 42.3. The Balaban J connectivity index is 1.48. The Morgan fingerprint density at radius 1 is 0.930 bits per heavy atom. The van der Waals surface area contributed by atoms with Gasteiger partial charge in [0.25, 0.3) is 0 Å². The number of likely N-dealkylation sites (N-methyl/N-ethyl adjacent to an activating group) is 1. The quantitative estimate of drug-likeness (QED) is 0.150. The molecule has 2 amide bonds. The van der Waals surface area contributed by atoms with Crippen molar-refractivity contribution in [2.45, 2.75) is 129 Å². The number of aryl methyl sites for hydroxylation is 2. The number of nitrogens with zero attached hydrogens (tertiary/aromatic N) is 1. The van der Waals surface area contributed by atoms with Gasteiger partial charge in [-0.2, -0.15) is 0 Å². The molecule has 0 spiro atoms. The molecule has 2 aliphatic heterocycles. The van der Waals surface area contributed by atoms with Crippen LogP contribution in [0.5, 0.6) is 0 Å². The molecule has 2 fully saturated rings. The maximum Gasteiger partial charge on any atom is 0.303 e. The summed E-state index contributed by atoms with van der Waals surface area (Å²) in [6, 6.07) is 13.6. The molecule has 0 unspecified atom stereocenters. The number of aliphatic carboxylic acids is 1. The van der Waals surface area contributed by atoms with E-state index in [1.807, 2.05) is 43.3 Å². The molecule has 2 aromatic carbocycles. The number of benzene rings is 2. The fourth-order valence-corrected chi connectivity index (χ4v) is 7.82. The van der Waals surface area contributed by atoms with E-state index >= 15 is 0 Å². The molecule has 2 heterocycles. The van der Waals surface area contributed by atoms with Crippen molar-refractivity contribution >= 4 is 29.7 Å². The maximum atomic E-state index is 12.8. The van der Waals surface area contributed by atoms with Crippen LogP contribution in [0.25, 0.3) is 0 Å². The number of esters is 2. The van der Waals surface area contributed by atoms with E-state index < -0.39 is 65.0 Å². The number of fused-ring (bicyclic) bond motifs is 2. The first-order valence-electron chi connectivity index (χ1n) is 19.8. The average molecular weight is 796 g/mol. The minimum Gasteiger partial charge on any atom is -0.481 e. The number of ether oxygens (including phenoxy) is 4. The second-order valence-electron chi connectivity index (χ2n) is 16.3. The van der Waals surface area contributed by atoms with Gasteiger partial charge in [-0.25, -0.2) is 0 Å². The highest BCUT2D eigenvalue weighted by atomic mass is 16.8. The molecule has 4 rings (SSSR count). The molecule has 0 aromatic heterocycles. The molecule has 14 heteroatoms. The molecule has 14 nitrogen and oxygen atoms in total. The number of hydrogen-bond acceptors (Lipinski definition) is 11. The Bertz CT molecular complexity index is 1770. The van der Waals surface area contributed by atoms with Gasteiger partial charge in [0.15, 0.2) is 11.7 Å². The third kappa shape index (κ3) is 10.6. The predicted octanol–water partition coefficient (Wildman–Crippen LogP) is 3.94. The van der Waals surface area contributed by atoms with Crippen LogP contribution in [0.2, 0.25) is 0 Å². The molecular weight excluding hydrogens is 734 g/mol. The molecule has 57 heavy (non-hydrogen) atoms. The van der Waals surface area contributed by atoms with Gasteiger partial charge in [-0.1, -0.05) is 50.2 Å². The number of carboxylic acid groups (broad SMARTS) is 1. The summed E-state index contributed by atoms with van der Waals surface area (Å²) in [4.78, 5) is 64.9. The minimum absolute atomic E-state index is 0.189. The van der Waals surface area contributed by atoms with Gasteiger partial charge in [0, 0.05) is 38.9 Å². The van der Waals surface area contributed by atoms with Crippen molar-refractivity contribution < 1.29 is 53.1 Å². The van der Waals surface area contributed by atoms with Crippen molar-refractivity contribution in [1.82, 2.24) is 15.5 Å². The number of aliphatic hydroxyl groups is 1. The van der Waals surface area contributed by atoms with Crippen LogP contribution in [0.4, 0.5) is 0 Å². The van der Waals surface area contributed by atoms with Crippen molar-refractivity contribution in [2.75, 3.05) is 32.8 Å². The number of carbonyl (C=O) groups excluding carboxylic acids is 4. The van der Waals surface area contributed by atoms with Gasteiger partial charge in [0.05, 0.1) is 24.5 Å². The Labute approximate surface area is 335 Å². The van der Waals surface area contributed by atoms with E-state index in [1.54, 1.807) is 19.9 Å². The van der Waals surface area contributed by atoms with Gasteiger partial charge in [0.1, 0.15) is 11.6 Å². The van der Waals surface area contributed by atoms with E-state index in [0.717, 1.165) is 41.9 Å². The van der Waals surface area contributed by atoms with Crippen LogP contribution in [0, 0.1) is 12.8 Å². The standard InChI is InChI=1S/C43H61N3O11/c1-10-46(11-2)22-21-44-39(52)40(6,7)45-35(49)14-12-13-30-16-18-31(19-17-30)23-32-24-33(20-15-27(32)3)43-38(56-29(5)48)34(25-36(50)51)37(55-28(4)47)42(57-43,26-54-43)41(8,9)53/h15-20,24,34,37-38,53H,10-14,21-23,25-26H2,1-9H3,(H,44,52)(H,45,49)(H,50,51)/t34-,37-,38+,42-,43-/m0/s1. The fraction of sp³-hybridized carbons (Fsp3) is 0.605. The molecule has 0 aliphatic carbocycles. The largest absolute Gasteiger partial charge is 0.481 e. The number of carboxylic acids is 1. The van der Waals surface area contributed by atoms with Crippen LogP contribution in [-0.4, -0.2) is 107 Å². The van der Waals surface area contributed by atoms with Crippen molar-refractivity contribution in [1.29, 1.82) is 0 Å². The minimum atomic E-state index is -1.83. The summed E-state index contributed by atoms with van der Waals surface area (Å²) < 4.78 is 24.6. The first kappa shape index (κ1) is 45.3. The smallest absolute Gasteiger partial charge is 0.303 e. The number of nitrogens with one attached hydrogen (secondary N) is 2. The lowest BCUT2D eigenvalue weighted by molar-refractivity contribution is -0.341. The topological polar surface area (TPSA) is 190 Å². The summed E-state index contributed by atoms with van der Waals surface area (Å²) in [6.45, 7) is 17.6. The molecule has 314 valence electrons. The van der Waals surface area contributed by atoms with Gasteiger partial charge in [0.2, 0.25) is 17.6 Å². The van der Waals surface area contributed by atoms with Gasteiger partial charge in [-0.3, -0.25) is 24.0 Å². The molecule has 0 radical (unpaired) electrons. The number of hydrogen-bond donors (Lipinski definition) is 4. The van der Waals surface area contributed by atoms with E-state index in [-0.39, 0.29) is 24.8 Å². The zero-order valence-corrected chi connectivity index (χ0v) is 34.9. The van der Waals surface area contributed by atoms with Gasteiger partial charge in [-0.05, 0) is 95.3 Å². The number of amides is 2. The van der Waals surface area contributed by atoms with Crippen molar-refractivity contribution in [3.8, 4) is 0 Å². The maximum absolute atomic E-state index is 12.8. The van der Waals surface area contributed by atoms with E-state index in [0.29, 0.717) is 31.4 Å². The molecule has 4 N–H and O–H groups in total. The highest BCUT2D eigenvalue weighted by molar-refractivity contribution is 5.90. The SMILES string of the molecule is CCN(CC)CCNC(=O)C(C)(C)NC(=O)CCCc1ccc(Cc2cc([C@]34OC[C@](C(C)(C)O)(O3)[C@@H](OC(C)=O)[C@H](CC(=O)O)[C@H]4OC(C)=O)ccc2C)cc1. The second kappa shape index (κ2) is 18.5. The molecule has 2 saturated heterocycles. The molecular formula is C43H61N3O11. The molecule has 2 bridgehead atoms. The van der Waals surface area contributed by atoms with Crippen LogP contribution < -0.4 is 10.6 Å². The molecule has 5 atom stereocenters. The first-order valence-corrected chi connectivity index (χ1v) is 19.8. The monoisotopic (exact) mass is 795 g/mol. The third-order valence-electron chi connectivity index (χ3n) is 11.1. The van der Waals surface area contributed by atoms with Gasteiger partial charge in [-0.15, -0.1) is 0 Å². The molecule has 2 aliphatic rings. The average Bonchev–Trinajstić information content (AvgIpc) is 3.51. The summed E-state index contributed by atoms with van der Waals surface area (Å²) in [6.07, 6.45) is -1.19. The highest BCUT2D eigenvalue weighted by Crippen LogP contribution is 2.57. The van der Waals surface area contributed by atoms with Crippen molar-refractivity contribution in [3.63, 3.8) is 0 Å². The number of rotatable bonds is 19. The summed E-state index contributed by atoms with van der Waals surface area (Å²) in [5.41, 5.74) is -0.0611. The highest BCUT2D eigenvalue weighted by Gasteiger charge is 2.74. The second-order valence-corrected chi connectivity index (χ2v) is 16.3. The van der Waals surface area contributed by atoms with E-state index in [1.165, 1.54) is 27.7 Å².